The Bertz CT molecular complexity index is 467. The second kappa shape index (κ2) is 6.70. The summed E-state index contributed by atoms with van der Waals surface area (Å²) in [6.45, 7) is 8.61. The highest BCUT2D eigenvalue weighted by Crippen LogP contribution is 2.23. The first-order valence-electron chi connectivity index (χ1n) is 6.79. The van der Waals surface area contributed by atoms with Gasteiger partial charge < -0.3 is 15.4 Å². The van der Waals surface area contributed by atoms with Crippen LogP contribution in [0.15, 0.2) is 12.1 Å². The number of hydrogen-bond acceptors (Lipinski definition) is 4. The molecule has 1 amide bonds. The van der Waals surface area contributed by atoms with Crippen molar-refractivity contribution in [1.29, 1.82) is 0 Å². The van der Waals surface area contributed by atoms with E-state index in [-0.39, 0.29) is 17.4 Å². The minimum atomic E-state index is -0.113. The van der Waals surface area contributed by atoms with Crippen LogP contribution >= 0.6 is 0 Å². The molecule has 0 fully saturated rings. The molecule has 5 heteroatoms. The standard InChI is InChI=1S/C15H25N3O2/c1-10(20-6)9-17-14(19)11-7-12(15(2,3)4)18-13(8-11)16-5/h7-8,10H,9H2,1-6H3,(H,16,18)(H,17,19). The Labute approximate surface area is 121 Å². The van der Waals surface area contributed by atoms with Crippen LogP contribution in [-0.2, 0) is 10.2 Å². The Morgan fingerprint density at radius 2 is 2.05 bits per heavy atom. The lowest BCUT2D eigenvalue weighted by molar-refractivity contribution is 0.0870. The zero-order valence-electron chi connectivity index (χ0n) is 13.2. The minimum absolute atomic E-state index is 0.00774. The van der Waals surface area contributed by atoms with Crippen molar-refractivity contribution in [1.82, 2.24) is 10.3 Å². The first-order chi connectivity index (χ1) is 9.27. The number of carbonyl (C=O) groups excluding carboxylic acids is 1. The van der Waals surface area contributed by atoms with Gasteiger partial charge in [0.2, 0.25) is 0 Å². The number of rotatable bonds is 5. The monoisotopic (exact) mass is 279 g/mol. The molecule has 112 valence electrons. The number of methoxy groups -OCH3 is 1. The predicted molar refractivity (Wildman–Crippen MR) is 81.3 cm³/mol. The molecule has 0 spiro atoms. The molecule has 0 bridgehead atoms. The summed E-state index contributed by atoms with van der Waals surface area (Å²) >= 11 is 0. The Morgan fingerprint density at radius 1 is 1.40 bits per heavy atom. The predicted octanol–water partition coefficient (Wildman–Crippen LogP) is 2.19. The van der Waals surface area contributed by atoms with Gasteiger partial charge in [-0.05, 0) is 19.1 Å². The number of carbonyl (C=O) groups is 1. The molecule has 1 unspecified atom stereocenters. The van der Waals surface area contributed by atoms with E-state index in [4.69, 9.17) is 4.74 Å². The van der Waals surface area contributed by atoms with Gasteiger partial charge in [-0.15, -0.1) is 0 Å². The molecule has 2 N–H and O–H groups in total. The maximum Gasteiger partial charge on any atom is 0.251 e. The summed E-state index contributed by atoms with van der Waals surface area (Å²) in [5, 5.41) is 5.86. The zero-order chi connectivity index (χ0) is 15.3. The fourth-order valence-corrected chi connectivity index (χ4v) is 1.60. The first kappa shape index (κ1) is 16.4. The van der Waals surface area contributed by atoms with E-state index in [0.717, 1.165) is 5.69 Å². The summed E-state index contributed by atoms with van der Waals surface area (Å²) in [6, 6.07) is 3.59. The lowest BCUT2D eigenvalue weighted by Gasteiger charge is -2.20. The summed E-state index contributed by atoms with van der Waals surface area (Å²) in [5.41, 5.74) is 1.38. The molecule has 1 atom stereocenters. The van der Waals surface area contributed by atoms with Gasteiger partial charge in [0.25, 0.3) is 5.91 Å². The molecular formula is C15H25N3O2. The summed E-state index contributed by atoms with van der Waals surface area (Å²) in [5.74, 6) is 0.584. The second-order valence-corrected chi connectivity index (χ2v) is 5.88. The zero-order valence-corrected chi connectivity index (χ0v) is 13.2. The fourth-order valence-electron chi connectivity index (χ4n) is 1.60. The van der Waals surface area contributed by atoms with E-state index >= 15 is 0 Å². The highest BCUT2D eigenvalue weighted by atomic mass is 16.5. The quantitative estimate of drug-likeness (QED) is 0.867. The molecule has 5 nitrogen and oxygen atoms in total. The SMILES string of the molecule is CNc1cc(C(=O)NCC(C)OC)cc(C(C)(C)C)n1. The van der Waals surface area contributed by atoms with Crippen molar-refractivity contribution < 1.29 is 9.53 Å². The molecule has 0 aromatic carbocycles. The van der Waals surface area contributed by atoms with Crippen molar-refractivity contribution in [2.75, 3.05) is 26.0 Å². The van der Waals surface area contributed by atoms with Gasteiger partial charge in [0.15, 0.2) is 0 Å². The van der Waals surface area contributed by atoms with Crippen molar-refractivity contribution in [3.05, 3.63) is 23.4 Å². The summed E-state index contributed by atoms with van der Waals surface area (Å²) < 4.78 is 5.12. The number of ether oxygens (including phenoxy) is 1. The molecule has 1 heterocycles. The minimum Gasteiger partial charge on any atom is -0.380 e. The van der Waals surface area contributed by atoms with Gasteiger partial charge in [-0.3, -0.25) is 4.79 Å². The lowest BCUT2D eigenvalue weighted by Crippen LogP contribution is -2.32. The average molecular weight is 279 g/mol. The molecule has 1 aromatic rings. The van der Waals surface area contributed by atoms with E-state index in [2.05, 4.69) is 36.4 Å². The topological polar surface area (TPSA) is 63.2 Å². The smallest absolute Gasteiger partial charge is 0.251 e. The van der Waals surface area contributed by atoms with Crippen molar-refractivity contribution in [3.8, 4) is 0 Å². The van der Waals surface area contributed by atoms with E-state index in [0.29, 0.717) is 17.9 Å². The van der Waals surface area contributed by atoms with Crippen LogP contribution < -0.4 is 10.6 Å². The van der Waals surface area contributed by atoms with Crippen LogP contribution in [0.3, 0.4) is 0 Å². The maximum atomic E-state index is 12.2. The molecule has 0 aliphatic carbocycles. The number of pyridine rings is 1. The van der Waals surface area contributed by atoms with Gasteiger partial charge in [0.05, 0.1) is 6.10 Å². The number of amides is 1. The third-order valence-electron chi connectivity index (χ3n) is 3.06. The highest BCUT2D eigenvalue weighted by Gasteiger charge is 2.19. The molecule has 20 heavy (non-hydrogen) atoms. The van der Waals surface area contributed by atoms with Crippen LogP contribution in [0, 0.1) is 0 Å². The van der Waals surface area contributed by atoms with Gasteiger partial charge in [-0.25, -0.2) is 4.98 Å². The van der Waals surface area contributed by atoms with Crippen LogP contribution in [0.1, 0.15) is 43.7 Å². The molecular weight excluding hydrogens is 254 g/mol. The van der Waals surface area contributed by atoms with Gasteiger partial charge >= 0.3 is 0 Å². The van der Waals surface area contributed by atoms with Gasteiger partial charge in [-0.1, -0.05) is 20.8 Å². The van der Waals surface area contributed by atoms with E-state index in [1.165, 1.54) is 0 Å². The van der Waals surface area contributed by atoms with Crippen LogP contribution in [0.5, 0.6) is 0 Å². The summed E-state index contributed by atoms with van der Waals surface area (Å²) in [6.07, 6.45) is -0.00774. The highest BCUT2D eigenvalue weighted by molar-refractivity contribution is 5.95. The van der Waals surface area contributed by atoms with Crippen LogP contribution in [0.4, 0.5) is 5.82 Å². The largest absolute Gasteiger partial charge is 0.380 e. The van der Waals surface area contributed by atoms with Crippen LogP contribution in [0.25, 0.3) is 0 Å². The number of nitrogens with zero attached hydrogens (tertiary/aromatic N) is 1. The number of hydrogen-bond donors (Lipinski definition) is 2. The Hall–Kier alpha value is -1.62. The molecule has 1 rings (SSSR count). The number of anilines is 1. The molecule has 0 aliphatic rings. The van der Waals surface area contributed by atoms with Gasteiger partial charge in [0.1, 0.15) is 5.82 Å². The van der Waals surface area contributed by atoms with E-state index < -0.39 is 0 Å². The maximum absolute atomic E-state index is 12.2. The van der Waals surface area contributed by atoms with E-state index in [1.807, 2.05) is 13.0 Å². The van der Waals surface area contributed by atoms with Crippen LogP contribution in [0.2, 0.25) is 0 Å². The Morgan fingerprint density at radius 3 is 2.55 bits per heavy atom. The molecule has 0 saturated carbocycles. The average Bonchev–Trinajstić information content (AvgIpc) is 2.42. The van der Waals surface area contributed by atoms with Crippen molar-refractivity contribution in [2.24, 2.45) is 0 Å². The van der Waals surface area contributed by atoms with Gasteiger partial charge in [0, 0.05) is 37.4 Å². The Balaban J connectivity index is 2.96. The molecule has 1 aromatic heterocycles. The Kier molecular flexibility index (Phi) is 5.51. The number of aromatic nitrogens is 1. The third-order valence-corrected chi connectivity index (χ3v) is 3.06. The third kappa shape index (κ3) is 4.49. The normalized spacial score (nSPS) is 12.9. The summed E-state index contributed by atoms with van der Waals surface area (Å²) in [7, 11) is 3.42. The van der Waals surface area contributed by atoms with Crippen molar-refractivity contribution >= 4 is 11.7 Å². The number of nitrogens with one attached hydrogen (secondary N) is 2. The first-order valence-corrected chi connectivity index (χ1v) is 6.79. The molecule has 0 saturated heterocycles. The molecule has 0 radical (unpaired) electrons. The van der Waals surface area contributed by atoms with E-state index in [1.54, 1.807) is 20.2 Å². The lowest BCUT2D eigenvalue weighted by atomic mass is 9.90. The second-order valence-electron chi connectivity index (χ2n) is 5.88. The van der Waals surface area contributed by atoms with E-state index in [9.17, 15) is 4.79 Å². The molecule has 0 aliphatic heterocycles. The van der Waals surface area contributed by atoms with Crippen LogP contribution in [-0.4, -0.2) is 37.7 Å². The summed E-state index contributed by atoms with van der Waals surface area (Å²) in [4.78, 5) is 16.7. The fraction of sp³-hybridized carbons (Fsp3) is 0.600. The van der Waals surface area contributed by atoms with Crippen molar-refractivity contribution in [2.45, 2.75) is 39.2 Å². The van der Waals surface area contributed by atoms with Crippen molar-refractivity contribution in [3.63, 3.8) is 0 Å². The van der Waals surface area contributed by atoms with Gasteiger partial charge in [-0.2, -0.15) is 0 Å².